The average Bonchev–Trinajstić information content (AvgIpc) is 2.94. The van der Waals surface area contributed by atoms with Crippen LogP contribution < -0.4 is 0 Å². The average molecular weight is 316 g/mol. The molecule has 2 aliphatic heterocycles. The predicted octanol–water partition coefficient (Wildman–Crippen LogP) is 2.83. The van der Waals surface area contributed by atoms with Gasteiger partial charge in [0, 0.05) is 38.8 Å². The summed E-state index contributed by atoms with van der Waals surface area (Å²) in [5, 5.41) is 0. The van der Waals surface area contributed by atoms with Crippen molar-refractivity contribution in [1.82, 2.24) is 9.80 Å². The van der Waals surface area contributed by atoms with E-state index in [9.17, 15) is 22.4 Å². The summed E-state index contributed by atoms with van der Waals surface area (Å²) in [7, 11) is 1.48. The molecule has 0 radical (unpaired) electrons. The van der Waals surface area contributed by atoms with E-state index in [1.807, 2.05) is 0 Å². The third-order valence-corrected chi connectivity index (χ3v) is 4.21. The maximum Gasteiger partial charge on any atom is 0.416 e. The summed E-state index contributed by atoms with van der Waals surface area (Å²) in [6, 6.07) is 2.61. The van der Waals surface area contributed by atoms with E-state index in [1.54, 1.807) is 4.90 Å². The largest absolute Gasteiger partial charge is 0.416 e. The van der Waals surface area contributed by atoms with Crippen molar-refractivity contribution in [3.8, 4) is 0 Å². The van der Waals surface area contributed by atoms with Gasteiger partial charge in [0.2, 0.25) is 0 Å². The molecule has 1 fully saturated rings. The molecule has 7 heteroatoms. The molecule has 0 saturated carbocycles. The highest BCUT2D eigenvalue weighted by Crippen LogP contribution is 2.38. The minimum absolute atomic E-state index is 0.0282. The zero-order chi connectivity index (χ0) is 16.1. The molecule has 3 nitrogen and oxygen atoms in total. The summed E-state index contributed by atoms with van der Waals surface area (Å²) in [5.74, 6) is -0.396. The van der Waals surface area contributed by atoms with Crippen molar-refractivity contribution >= 4 is 5.91 Å². The van der Waals surface area contributed by atoms with E-state index in [0.717, 1.165) is 6.07 Å². The molecule has 1 aromatic carbocycles. The Bertz CT molecular complexity index is 614. The van der Waals surface area contributed by atoms with Gasteiger partial charge in [0.1, 0.15) is 6.17 Å². The third-order valence-electron chi connectivity index (χ3n) is 4.21. The molecular weight excluding hydrogens is 300 g/mol. The fourth-order valence-corrected chi connectivity index (χ4v) is 3.14. The van der Waals surface area contributed by atoms with E-state index >= 15 is 0 Å². The van der Waals surface area contributed by atoms with Gasteiger partial charge in [0.25, 0.3) is 5.91 Å². The molecule has 1 saturated heterocycles. The van der Waals surface area contributed by atoms with Gasteiger partial charge in [0.05, 0.1) is 5.56 Å². The Labute approximate surface area is 125 Å². The zero-order valence-electron chi connectivity index (χ0n) is 12.1. The Morgan fingerprint density at radius 1 is 1.32 bits per heavy atom. The van der Waals surface area contributed by atoms with Crippen molar-refractivity contribution < 1.29 is 22.4 Å². The molecule has 0 aliphatic carbocycles. The number of amides is 1. The minimum atomic E-state index is -4.50. The van der Waals surface area contributed by atoms with Gasteiger partial charge < -0.3 is 4.90 Å². The summed E-state index contributed by atoms with van der Waals surface area (Å²) in [6.45, 7) is 0.951. The molecule has 3 rings (SSSR count). The lowest BCUT2D eigenvalue weighted by molar-refractivity contribution is -0.138. The Hall–Kier alpha value is -1.63. The molecule has 1 unspecified atom stereocenters. The second-order valence-electron chi connectivity index (χ2n) is 5.95. The van der Waals surface area contributed by atoms with E-state index in [2.05, 4.69) is 0 Å². The number of benzene rings is 1. The number of fused-ring (bicyclic) bond motifs is 1. The maximum atomic E-state index is 13.2. The fraction of sp³-hybridized carbons (Fsp3) is 0.533. The second kappa shape index (κ2) is 5.22. The number of halogens is 4. The van der Waals surface area contributed by atoms with Crippen molar-refractivity contribution in [3.63, 3.8) is 0 Å². The Morgan fingerprint density at radius 2 is 2.05 bits per heavy atom. The summed E-state index contributed by atoms with van der Waals surface area (Å²) in [5.41, 5.74) is -0.200. The lowest BCUT2D eigenvalue weighted by atomic mass is 9.98. The molecule has 1 amide bonds. The highest BCUT2D eigenvalue weighted by molar-refractivity contribution is 5.98. The number of hydrogen-bond acceptors (Lipinski definition) is 2. The van der Waals surface area contributed by atoms with E-state index in [1.165, 1.54) is 18.0 Å². The van der Waals surface area contributed by atoms with Crippen molar-refractivity contribution in [2.45, 2.75) is 31.9 Å². The first kappa shape index (κ1) is 15.3. The van der Waals surface area contributed by atoms with E-state index < -0.39 is 23.8 Å². The molecule has 0 spiro atoms. The summed E-state index contributed by atoms with van der Waals surface area (Å²) in [4.78, 5) is 15.1. The molecule has 0 N–H and O–H groups in total. The number of alkyl halides is 4. The van der Waals surface area contributed by atoms with Crippen LogP contribution in [-0.2, 0) is 19.3 Å². The maximum absolute atomic E-state index is 13.2. The monoisotopic (exact) mass is 316 g/mol. The SMILES string of the molecule is CN1Cc2c(cc(CN3CCC(F)C3)cc2C(F)(F)F)C1=O. The van der Waals surface area contributed by atoms with Crippen molar-refractivity contribution in [3.05, 3.63) is 34.4 Å². The van der Waals surface area contributed by atoms with Gasteiger partial charge in [-0.2, -0.15) is 13.2 Å². The van der Waals surface area contributed by atoms with Crippen molar-refractivity contribution in [1.29, 1.82) is 0 Å². The van der Waals surface area contributed by atoms with Crippen LogP contribution >= 0.6 is 0 Å². The molecule has 2 aliphatic rings. The normalized spacial score (nSPS) is 22.5. The van der Waals surface area contributed by atoms with E-state index in [4.69, 9.17) is 0 Å². The van der Waals surface area contributed by atoms with Crippen LogP contribution in [0.1, 0.15) is 33.5 Å². The summed E-state index contributed by atoms with van der Waals surface area (Å²) < 4.78 is 52.9. The van der Waals surface area contributed by atoms with Crippen molar-refractivity contribution in [2.75, 3.05) is 20.1 Å². The summed E-state index contributed by atoms with van der Waals surface area (Å²) in [6.07, 6.45) is -5.03. The Morgan fingerprint density at radius 3 is 2.64 bits per heavy atom. The molecule has 1 aromatic rings. The molecular formula is C15H16F4N2O. The number of carbonyl (C=O) groups excluding carboxylic acids is 1. The number of rotatable bonds is 2. The third kappa shape index (κ3) is 2.69. The number of nitrogens with zero attached hydrogens (tertiary/aromatic N) is 2. The van der Waals surface area contributed by atoms with Gasteiger partial charge in [-0.15, -0.1) is 0 Å². The standard InChI is InChI=1S/C15H16F4N2O/c1-20-8-12-11(14(20)22)4-9(5-13(12)15(17,18)19)6-21-3-2-10(16)7-21/h4-5,10H,2-3,6-8H2,1H3. The molecule has 120 valence electrons. The topological polar surface area (TPSA) is 23.6 Å². The molecule has 1 atom stereocenters. The Kier molecular flexibility index (Phi) is 3.63. The van der Waals surface area contributed by atoms with Gasteiger partial charge in [-0.05, 0) is 29.7 Å². The molecule has 0 aromatic heterocycles. The number of hydrogen-bond donors (Lipinski definition) is 0. The van der Waals surface area contributed by atoms with Gasteiger partial charge in [-0.25, -0.2) is 4.39 Å². The first-order chi connectivity index (χ1) is 10.3. The zero-order valence-corrected chi connectivity index (χ0v) is 12.1. The second-order valence-corrected chi connectivity index (χ2v) is 5.95. The van der Waals surface area contributed by atoms with Crippen LogP contribution in [0, 0.1) is 0 Å². The van der Waals surface area contributed by atoms with Crippen LogP contribution in [0.4, 0.5) is 17.6 Å². The lowest BCUT2D eigenvalue weighted by Gasteiger charge is -2.18. The molecule has 2 heterocycles. The first-order valence-electron chi connectivity index (χ1n) is 7.10. The van der Waals surface area contributed by atoms with Gasteiger partial charge in [-0.1, -0.05) is 0 Å². The summed E-state index contributed by atoms with van der Waals surface area (Å²) >= 11 is 0. The minimum Gasteiger partial charge on any atom is -0.337 e. The van der Waals surface area contributed by atoms with Gasteiger partial charge >= 0.3 is 6.18 Å². The van der Waals surface area contributed by atoms with Crippen molar-refractivity contribution in [2.24, 2.45) is 0 Å². The smallest absolute Gasteiger partial charge is 0.337 e. The highest BCUT2D eigenvalue weighted by atomic mass is 19.4. The van der Waals surface area contributed by atoms with Crippen LogP contribution in [0.15, 0.2) is 12.1 Å². The molecule has 0 bridgehead atoms. The van der Waals surface area contributed by atoms with Gasteiger partial charge in [0.15, 0.2) is 0 Å². The van der Waals surface area contributed by atoms with E-state index in [0.29, 0.717) is 18.5 Å². The fourth-order valence-electron chi connectivity index (χ4n) is 3.14. The van der Waals surface area contributed by atoms with Crippen LogP contribution in [0.5, 0.6) is 0 Å². The van der Waals surface area contributed by atoms with Crippen LogP contribution in [-0.4, -0.2) is 42.0 Å². The first-order valence-corrected chi connectivity index (χ1v) is 7.10. The number of carbonyl (C=O) groups is 1. The highest BCUT2D eigenvalue weighted by Gasteiger charge is 2.39. The van der Waals surface area contributed by atoms with Crippen LogP contribution in [0.2, 0.25) is 0 Å². The predicted molar refractivity (Wildman–Crippen MR) is 72.0 cm³/mol. The van der Waals surface area contributed by atoms with Crippen LogP contribution in [0.25, 0.3) is 0 Å². The number of likely N-dealkylation sites (tertiary alicyclic amines) is 1. The van der Waals surface area contributed by atoms with Gasteiger partial charge in [-0.3, -0.25) is 9.69 Å². The lowest BCUT2D eigenvalue weighted by Crippen LogP contribution is -2.21. The molecule has 22 heavy (non-hydrogen) atoms. The quantitative estimate of drug-likeness (QED) is 0.783. The Balaban J connectivity index is 1.97. The van der Waals surface area contributed by atoms with Crippen LogP contribution in [0.3, 0.4) is 0 Å². The van der Waals surface area contributed by atoms with E-state index in [-0.39, 0.29) is 30.8 Å².